The maximum absolute atomic E-state index is 10.8. The minimum Gasteiger partial charge on any atom is -0.284 e. The predicted molar refractivity (Wildman–Crippen MR) is 24.4 cm³/mol. The first-order valence-electron chi connectivity index (χ1n) is 2.36. The van der Waals surface area contributed by atoms with Gasteiger partial charge in [-0.2, -0.15) is 0 Å². The van der Waals surface area contributed by atoms with E-state index in [0.717, 1.165) is 0 Å². The van der Waals surface area contributed by atoms with Crippen LogP contribution in [0.15, 0.2) is 0 Å². The van der Waals surface area contributed by atoms with Gasteiger partial charge in [-0.3, -0.25) is 13.6 Å². The lowest BCUT2D eigenvalue weighted by Gasteiger charge is -2.03. The second-order valence-electron chi connectivity index (χ2n) is 1.77. The molecule has 0 amide bonds. The summed E-state index contributed by atoms with van der Waals surface area (Å²) in [7, 11) is -2.98. The molecule has 2 fully saturated rings. The van der Waals surface area contributed by atoms with Crippen molar-refractivity contribution in [1.82, 2.24) is 0 Å². The molecule has 0 aromatic carbocycles. The second-order valence-corrected chi connectivity index (χ2v) is 3.39. The van der Waals surface area contributed by atoms with Crippen molar-refractivity contribution in [3.05, 3.63) is 0 Å². The van der Waals surface area contributed by atoms with E-state index >= 15 is 0 Å². The van der Waals surface area contributed by atoms with Crippen LogP contribution in [0, 0.1) is 0 Å². The summed E-state index contributed by atoms with van der Waals surface area (Å²) in [5.41, 5.74) is 0. The Hall–Kier alpha value is 0.110. The Morgan fingerprint density at radius 1 is 1.38 bits per heavy atom. The van der Waals surface area contributed by atoms with Crippen molar-refractivity contribution in [2.45, 2.75) is 6.10 Å². The summed E-state index contributed by atoms with van der Waals surface area (Å²) >= 11 is 0. The summed E-state index contributed by atoms with van der Waals surface area (Å²) in [5, 5.41) is 0. The van der Waals surface area contributed by atoms with Gasteiger partial charge in [0.05, 0.1) is 13.2 Å². The van der Waals surface area contributed by atoms with Crippen LogP contribution in [0.5, 0.6) is 0 Å². The fourth-order valence-corrected chi connectivity index (χ4v) is 2.12. The normalized spacial score (nSPS) is 52.8. The zero-order chi connectivity index (χ0) is 5.61. The standard InChI is InChI=1S/C3H5O4P/c4-8-5-1-3(7-8)2-6-8/h3H,1-2H2. The van der Waals surface area contributed by atoms with Crippen LogP contribution in [0.4, 0.5) is 0 Å². The van der Waals surface area contributed by atoms with Crippen LogP contribution < -0.4 is 0 Å². The van der Waals surface area contributed by atoms with E-state index in [2.05, 4.69) is 9.05 Å². The molecule has 0 spiro atoms. The van der Waals surface area contributed by atoms with E-state index in [1.807, 2.05) is 0 Å². The molecular weight excluding hydrogens is 131 g/mol. The Balaban J connectivity index is 2.32. The van der Waals surface area contributed by atoms with Crippen LogP contribution in [0.25, 0.3) is 0 Å². The van der Waals surface area contributed by atoms with Crippen LogP contribution in [0.1, 0.15) is 0 Å². The third-order valence-electron chi connectivity index (χ3n) is 1.12. The Morgan fingerprint density at radius 2 is 2.00 bits per heavy atom. The molecule has 0 radical (unpaired) electrons. The topological polar surface area (TPSA) is 44.8 Å². The van der Waals surface area contributed by atoms with E-state index in [-0.39, 0.29) is 6.10 Å². The highest BCUT2D eigenvalue weighted by Gasteiger charge is 2.45. The monoisotopic (exact) mass is 136 g/mol. The number of hydrogen-bond donors (Lipinski definition) is 0. The second kappa shape index (κ2) is 1.33. The number of phosphoric ester groups is 1. The molecule has 0 atom stereocenters. The first-order valence-corrected chi connectivity index (χ1v) is 3.82. The van der Waals surface area contributed by atoms with Crippen molar-refractivity contribution in [3.8, 4) is 0 Å². The van der Waals surface area contributed by atoms with Crippen LogP contribution in [0.3, 0.4) is 0 Å². The maximum Gasteiger partial charge on any atom is 0.475 e. The van der Waals surface area contributed by atoms with Gasteiger partial charge in [-0.05, 0) is 0 Å². The number of hydrogen-bond acceptors (Lipinski definition) is 4. The van der Waals surface area contributed by atoms with Crippen molar-refractivity contribution < 1.29 is 18.1 Å². The highest BCUT2D eigenvalue weighted by Crippen LogP contribution is 2.59. The third kappa shape index (κ3) is 0.545. The van der Waals surface area contributed by atoms with Gasteiger partial charge in [0.15, 0.2) is 0 Å². The van der Waals surface area contributed by atoms with Gasteiger partial charge in [0.2, 0.25) is 0 Å². The first-order chi connectivity index (χ1) is 3.79. The van der Waals surface area contributed by atoms with Gasteiger partial charge in [0, 0.05) is 0 Å². The number of fused-ring (bicyclic) bond motifs is 2. The molecule has 2 rings (SSSR count). The van der Waals surface area contributed by atoms with E-state index in [0.29, 0.717) is 13.2 Å². The fraction of sp³-hybridized carbons (Fsp3) is 1.00. The summed E-state index contributed by atoms with van der Waals surface area (Å²) in [5.74, 6) is 0. The average molecular weight is 136 g/mol. The highest BCUT2D eigenvalue weighted by atomic mass is 31.2. The Morgan fingerprint density at radius 3 is 2.12 bits per heavy atom. The largest absolute Gasteiger partial charge is 0.475 e. The summed E-state index contributed by atoms with van der Waals surface area (Å²) in [6.45, 7) is 0.856. The van der Waals surface area contributed by atoms with Gasteiger partial charge in [0.1, 0.15) is 6.10 Å². The van der Waals surface area contributed by atoms with E-state index < -0.39 is 7.82 Å². The Bertz CT molecular complexity index is 143. The molecule has 2 saturated heterocycles. The molecule has 8 heavy (non-hydrogen) atoms. The minimum atomic E-state index is -2.98. The van der Waals surface area contributed by atoms with Crippen LogP contribution in [-0.4, -0.2) is 19.3 Å². The van der Waals surface area contributed by atoms with Crippen molar-refractivity contribution in [1.29, 1.82) is 0 Å². The Labute approximate surface area is 46.3 Å². The zero-order valence-corrected chi connectivity index (χ0v) is 4.97. The zero-order valence-electron chi connectivity index (χ0n) is 4.07. The summed E-state index contributed by atoms with van der Waals surface area (Å²) in [6.07, 6.45) is -0.0687. The molecular formula is C3H5O4P. The van der Waals surface area contributed by atoms with Gasteiger partial charge in [-0.1, -0.05) is 0 Å². The highest BCUT2D eigenvalue weighted by molar-refractivity contribution is 7.49. The quantitative estimate of drug-likeness (QED) is 0.456. The van der Waals surface area contributed by atoms with Crippen LogP contribution >= 0.6 is 7.82 Å². The Kier molecular flexibility index (Phi) is 0.823. The number of rotatable bonds is 0. The molecule has 2 bridgehead atoms. The molecule has 4 nitrogen and oxygen atoms in total. The van der Waals surface area contributed by atoms with Gasteiger partial charge in [0.25, 0.3) is 0 Å². The molecule has 5 heteroatoms. The molecule has 2 heterocycles. The van der Waals surface area contributed by atoms with Gasteiger partial charge >= 0.3 is 7.82 Å². The van der Waals surface area contributed by atoms with Crippen molar-refractivity contribution >= 4 is 7.82 Å². The van der Waals surface area contributed by atoms with Crippen LogP contribution in [0.2, 0.25) is 0 Å². The minimum absolute atomic E-state index is 0.0687. The lowest BCUT2D eigenvalue weighted by atomic mass is 10.4. The van der Waals surface area contributed by atoms with E-state index in [9.17, 15) is 4.57 Å². The van der Waals surface area contributed by atoms with E-state index in [4.69, 9.17) is 4.52 Å². The van der Waals surface area contributed by atoms with Crippen LogP contribution in [-0.2, 0) is 18.1 Å². The third-order valence-corrected chi connectivity index (χ3v) is 2.60. The summed E-state index contributed by atoms with van der Waals surface area (Å²) < 4.78 is 24.8. The first kappa shape index (κ1) is 4.94. The smallest absolute Gasteiger partial charge is 0.284 e. The predicted octanol–water partition coefficient (Wildman–Crippen LogP) is 0.540. The molecule has 46 valence electrons. The molecule has 2 aliphatic heterocycles. The lowest BCUT2D eigenvalue weighted by molar-refractivity contribution is 0.167. The van der Waals surface area contributed by atoms with E-state index in [1.54, 1.807) is 0 Å². The van der Waals surface area contributed by atoms with Crippen molar-refractivity contribution in [3.63, 3.8) is 0 Å². The molecule has 2 aliphatic rings. The van der Waals surface area contributed by atoms with Crippen molar-refractivity contribution in [2.24, 2.45) is 0 Å². The van der Waals surface area contributed by atoms with Gasteiger partial charge < -0.3 is 0 Å². The fourth-order valence-electron chi connectivity index (χ4n) is 0.739. The molecule has 0 N–H and O–H groups in total. The molecule has 0 unspecified atom stereocenters. The molecule has 0 aromatic heterocycles. The summed E-state index contributed by atoms with van der Waals surface area (Å²) in [4.78, 5) is 0. The maximum atomic E-state index is 10.8. The molecule has 0 aliphatic carbocycles. The van der Waals surface area contributed by atoms with Gasteiger partial charge in [-0.25, -0.2) is 4.57 Å². The lowest BCUT2D eigenvalue weighted by Crippen LogP contribution is -2.12. The SMILES string of the molecule is O=P12OCC(CO1)O2. The summed E-state index contributed by atoms with van der Waals surface area (Å²) in [6, 6.07) is 0. The number of phosphoric acid groups is 1. The van der Waals surface area contributed by atoms with Crippen molar-refractivity contribution in [2.75, 3.05) is 13.2 Å². The van der Waals surface area contributed by atoms with E-state index in [1.165, 1.54) is 0 Å². The van der Waals surface area contributed by atoms with Gasteiger partial charge in [-0.15, -0.1) is 0 Å². The average Bonchev–Trinajstić information content (AvgIpc) is 2.21. The molecule has 0 aromatic rings. The molecule has 0 saturated carbocycles.